The number of benzene rings is 2. The monoisotopic (exact) mass is 617 g/mol. The molecule has 45 heavy (non-hydrogen) atoms. The summed E-state index contributed by atoms with van der Waals surface area (Å²) in [7, 11) is 1.81. The van der Waals surface area contributed by atoms with Crippen LogP contribution in [-0.2, 0) is 9.47 Å². The number of aromatic nitrogens is 3. The molecule has 3 saturated carbocycles. The molecule has 11 heteroatoms. The first-order valence-electron chi connectivity index (χ1n) is 15.9. The Bertz CT molecular complexity index is 1610. The molecule has 2 heterocycles. The van der Waals surface area contributed by atoms with Gasteiger partial charge in [-0.25, -0.2) is 0 Å². The lowest BCUT2D eigenvalue weighted by Crippen LogP contribution is -2.59. The van der Waals surface area contributed by atoms with E-state index in [1.807, 2.05) is 27.7 Å². The zero-order valence-electron chi connectivity index (χ0n) is 26.8. The van der Waals surface area contributed by atoms with E-state index in [-0.39, 0.29) is 46.7 Å². The Labute approximate surface area is 263 Å². The Balaban J connectivity index is 1.26. The Hall–Kier alpha value is -3.96. The molecular weight excluding hydrogens is 574 g/mol. The lowest BCUT2D eigenvalue weighted by atomic mass is 9.55. The Morgan fingerprint density at radius 3 is 2.47 bits per heavy atom. The summed E-state index contributed by atoms with van der Waals surface area (Å²) in [5, 5.41) is 32.4. The van der Waals surface area contributed by atoms with Gasteiger partial charge < -0.3 is 29.9 Å². The molecule has 4 fully saturated rings. The first-order chi connectivity index (χ1) is 21.3. The van der Waals surface area contributed by atoms with Crippen LogP contribution >= 0.6 is 0 Å². The maximum Gasteiger partial charge on any atom is 0.289 e. The molecule has 1 saturated heterocycles. The van der Waals surface area contributed by atoms with Crippen LogP contribution in [0.25, 0.3) is 17.1 Å². The van der Waals surface area contributed by atoms with Crippen molar-refractivity contribution in [3.05, 3.63) is 53.3 Å². The molecule has 4 aliphatic rings. The van der Waals surface area contributed by atoms with Crippen LogP contribution in [0.1, 0.15) is 92.8 Å². The number of rotatable bonds is 9. The smallest absolute Gasteiger partial charge is 0.289 e. The average molecular weight is 618 g/mol. The molecule has 2 atom stereocenters. The third kappa shape index (κ3) is 5.46. The predicted octanol–water partition coefficient (Wildman–Crippen LogP) is 5.00. The first kappa shape index (κ1) is 31.0. The summed E-state index contributed by atoms with van der Waals surface area (Å²) in [4.78, 5) is 28.3. The van der Waals surface area contributed by atoms with Gasteiger partial charge in [-0.2, -0.15) is 0 Å². The van der Waals surface area contributed by atoms with E-state index in [9.17, 15) is 19.8 Å². The fourth-order valence-electron chi connectivity index (χ4n) is 7.37. The molecule has 240 valence electrons. The van der Waals surface area contributed by atoms with Gasteiger partial charge in [0.1, 0.15) is 17.1 Å². The molecule has 2 bridgehead atoms. The summed E-state index contributed by atoms with van der Waals surface area (Å²) in [6.45, 7) is 10.5. The highest BCUT2D eigenvalue weighted by atomic mass is 16.8. The normalized spacial score (nSPS) is 24.6. The van der Waals surface area contributed by atoms with Gasteiger partial charge in [0, 0.05) is 37.5 Å². The first-order valence-corrected chi connectivity index (χ1v) is 15.9. The van der Waals surface area contributed by atoms with Crippen molar-refractivity contribution in [1.82, 2.24) is 25.0 Å². The second-order valence-corrected chi connectivity index (χ2v) is 13.5. The summed E-state index contributed by atoms with van der Waals surface area (Å²) < 4.78 is 14.4. The molecule has 2 amide bonds. The van der Waals surface area contributed by atoms with Gasteiger partial charge in [0.25, 0.3) is 11.8 Å². The third-order valence-corrected chi connectivity index (χ3v) is 9.65. The largest absolute Gasteiger partial charge is 0.508 e. The van der Waals surface area contributed by atoms with Crippen molar-refractivity contribution >= 4 is 11.8 Å². The molecule has 1 aliphatic heterocycles. The third-order valence-electron chi connectivity index (χ3n) is 9.65. The maximum atomic E-state index is 13.6. The van der Waals surface area contributed by atoms with Gasteiger partial charge in [-0.1, -0.05) is 13.8 Å². The zero-order chi connectivity index (χ0) is 32.3. The Morgan fingerprint density at radius 2 is 1.80 bits per heavy atom. The van der Waals surface area contributed by atoms with Gasteiger partial charge >= 0.3 is 0 Å². The SMILES string of the molecule is CCNC(=O)c1nnc(-c2cc(C(C)C)c(O)cc2O)n1-c1ccc(C(=O)N(C)CC[C@]23OC(C)(C)O[C@H]2CC2CC3C2)cc1. The number of aromatic hydroxyl groups is 2. The van der Waals surface area contributed by atoms with Crippen LogP contribution in [0, 0.1) is 11.8 Å². The summed E-state index contributed by atoms with van der Waals surface area (Å²) in [5.41, 5.74) is 1.62. The van der Waals surface area contributed by atoms with Gasteiger partial charge in [0.2, 0.25) is 5.82 Å². The number of nitrogens with one attached hydrogen (secondary N) is 1. The van der Waals surface area contributed by atoms with Gasteiger partial charge in [-0.05, 0) is 100 Å². The molecule has 0 unspecified atom stereocenters. The minimum Gasteiger partial charge on any atom is -0.508 e. The molecule has 1 aromatic heterocycles. The summed E-state index contributed by atoms with van der Waals surface area (Å²) in [6.07, 6.45) is 4.13. The quantitative estimate of drug-likeness (QED) is 0.305. The van der Waals surface area contributed by atoms with Crippen molar-refractivity contribution in [3.63, 3.8) is 0 Å². The van der Waals surface area contributed by atoms with E-state index in [1.165, 1.54) is 18.9 Å². The average Bonchev–Trinajstić information content (AvgIpc) is 3.53. The van der Waals surface area contributed by atoms with Crippen molar-refractivity contribution in [1.29, 1.82) is 0 Å². The van der Waals surface area contributed by atoms with Crippen LogP contribution < -0.4 is 5.32 Å². The fourth-order valence-corrected chi connectivity index (χ4v) is 7.37. The molecular formula is C34H43N5O6. The fraction of sp³-hybridized carbons (Fsp3) is 0.529. The van der Waals surface area contributed by atoms with E-state index in [0.717, 1.165) is 12.3 Å². The van der Waals surface area contributed by atoms with Crippen molar-refractivity contribution in [2.75, 3.05) is 20.1 Å². The molecule has 3 aromatic rings. The second kappa shape index (κ2) is 11.4. The van der Waals surface area contributed by atoms with E-state index in [1.54, 1.807) is 53.8 Å². The van der Waals surface area contributed by atoms with E-state index in [2.05, 4.69) is 15.5 Å². The van der Waals surface area contributed by atoms with E-state index in [0.29, 0.717) is 47.8 Å². The number of phenols is 2. The van der Waals surface area contributed by atoms with Crippen LogP contribution in [-0.4, -0.2) is 79.3 Å². The van der Waals surface area contributed by atoms with Gasteiger partial charge in [-0.15, -0.1) is 10.2 Å². The van der Waals surface area contributed by atoms with Crippen molar-refractivity contribution in [2.24, 2.45) is 11.8 Å². The van der Waals surface area contributed by atoms with Crippen LogP contribution in [0.3, 0.4) is 0 Å². The van der Waals surface area contributed by atoms with Crippen LogP contribution in [0.4, 0.5) is 0 Å². The minimum absolute atomic E-state index is 0.0283. The number of ether oxygens (including phenoxy) is 2. The van der Waals surface area contributed by atoms with Gasteiger partial charge in [-0.3, -0.25) is 14.2 Å². The summed E-state index contributed by atoms with van der Waals surface area (Å²) in [6, 6.07) is 9.83. The lowest BCUT2D eigenvalue weighted by molar-refractivity contribution is -0.188. The highest BCUT2D eigenvalue weighted by Crippen LogP contribution is 2.59. The van der Waals surface area contributed by atoms with Crippen LogP contribution in [0.2, 0.25) is 0 Å². The van der Waals surface area contributed by atoms with E-state index < -0.39 is 11.7 Å². The number of carbonyl (C=O) groups excluding carboxylic acids is 2. The molecule has 3 N–H and O–H groups in total. The van der Waals surface area contributed by atoms with E-state index in [4.69, 9.17) is 9.47 Å². The number of amides is 2. The van der Waals surface area contributed by atoms with Crippen molar-refractivity contribution in [2.45, 2.75) is 83.7 Å². The molecule has 0 spiro atoms. The highest BCUT2D eigenvalue weighted by molar-refractivity contribution is 5.95. The van der Waals surface area contributed by atoms with Crippen molar-refractivity contribution < 1.29 is 29.3 Å². The summed E-state index contributed by atoms with van der Waals surface area (Å²) in [5.74, 6) is 0.0138. The van der Waals surface area contributed by atoms with Crippen LogP contribution in [0.15, 0.2) is 36.4 Å². The minimum atomic E-state index is -0.623. The lowest BCUT2D eigenvalue weighted by Gasteiger charge is -2.54. The number of phenolic OH excluding ortho intramolecular Hbond substituents is 2. The number of hydrogen-bond acceptors (Lipinski definition) is 8. The topological polar surface area (TPSA) is 139 Å². The molecule has 11 nitrogen and oxygen atoms in total. The number of carbonyl (C=O) groups is 2. The molecule has 2 aromatic carbocycles. The Morgan fingerprint density at radius 1 is 1.09 bits per heavy atom. The van der Waals surface area contributed by atoms with Gasteiger partial charge in [0.05, 0.1) is 11.7 Å². The standard InChI is InChI=1S/C34H43N5O6/c1-7-35-31(42)30-37-36-29(25-17-24(19(2)3)26(40)18-27(25)41)39(30)23-10-8-21(9-11-23)32(43)38(6)13-12-34-22-14-20(15-22)16-28(34)44-33(4,5)45-34/h8-11,17-20,22,28,40-41H,7,12-16H2,1-6H3,(H,35,42)/t20?,22?,28-,34+/m0/s1. The summed E-state index contributed by atoms with van der Waals surface area (Å²) >= 11 is 0. The maximum absolute atomic E-state index is 13.6. The molecule has 0 radical (unpaired) electrons. The van der Waals surface area contributed by atoms with Gasteiger partial charge in [0.15, 0.2) is 11.6 Å². The Kier molecular flexibility index (Phi) is 7.89. The van der Waals surface area contributed by atoms with E-state index >= 15 is 0 Å². The highest BCUT2D eigenvalue weighted by Gasteiger charge is 2.64. The molecule has 3 aliphatic carbocycles. The van der Waals surface area contributed by atoms with Crippen LogP contribution in [0.5, 0.6) is 11.5 Å². The number of nitrogens with zero attached hydrogens (tertiary/aromatic N) is 4. The predicted molar refractivity (Wildman–Crippen MR) is 167 cm³/mol. The number of hydrogen-bond donors (Lipinski definition) is 3. The van der Waals surface area contributed by atoms with Crippen molar-refractivity contribution in [3.8, 4) is 28.6 Å². The molecule has 7 rings (SSSR count). The second-order valence-electron chi connectivity index (χ2n) is 13.5. The zero-order valence-corrected chi connectivity index (χ0v) is 26.8.